The van der Waals surface area contributed by atoms with Gasteiger partial charge in [-0.15, -0.1) is 12.4 Å². The van der Waals surface area contributed by atoms with Gasteiger partial charge in [0.05, 0.1) is 17.6 Å². The SMILES string of the molecule is COC(=O)[C@@H](N)c1ccccc1[N+](=O)[O-].Cl. The third-order valence-electron chi connectivity index (χ3n) is 1.92. The van der Waals surface area contributed by atoms with E-state index in [1.165, 1.54) is 25.3 Å². The molecule has 0 saturated carbocycles. The van der Waals surface area contributed by atoms with Gasteiger partial charge in [-0.25, -0.2) is 4.79 Å². The van der Waals surface area contributed by atoms with Gasteiger partial charge in [-0.3, -0.25) is 10.1 Å². The molecule has 2 N–H and O–H groups in total. The summed E-state index contributed by atoms with van der Waals surface area (Å²) in [6.07, 6.45) is 0. The zero-order valence-electron chi connectivity index (χ0n) is 8.45. The number of halogens is 1. The summed E-state index contributed by atoms with van der Waals surface area (Å²) in [5.74, 6) is -0.704. The van der Waals surface area contributed by atoms with Gasteiger partial charge in [-0.2, -0.15) is 0 Å². The highest BCUT2D eigenvalue weighted by molar-refractivity contribution is 5.85. The molecule has 1 atom stereocenters. The highest BCUT2D eigenvalue weighted by Crippen LogP contribution is 2.23. The number of nitro groups is 1. The van der Waals surface area contributed by atoms with Gasteiger partial charge in [0.1, 0.15) is 6.04 Å². The zero-order chi connectivity index (χ0) is 11.4. The molecule has 0 aromatic heterocycles. The molecule has 1 aromatic rings. The summed E-state index contributed by atoms with van der Waals surface area (Å²) in [5.41, 5.74) is 5.47. The summed E-state index contributed by atoms with van der Waals surface area (Å²) in [4.78, 5) is 21.2. The van der Waals surface area contributed by atoms with Crippen LogP contribution in [0.1, 0.15) is 11.6 Å². The van der Waals surface area contributed by atoms with Crippen LogP contribution in [0.2, 0.25) is 0 Å². The quantitative estimate of drug-likeness (QED) is 0.491. The third-order valence-corrected chi connectivity index (χ3v) is 1.92. The third kappa shape index (κ3) is 2.91. The zero-order valence-corrected chi connectivity index (χ0v) is 9.27. The molecular formula is C9H11ClN2O4. The normalized spacial score (nSPS) is 11.1. The smallest absolute Gasteiger partial charge is 0.327 e. The number of carbonyl (C=O) groups is 1. The summed E-state index contributed by atoms with van der Waals surface area (Å²) in [6.45, 7) is 0. The van der Waals surface area contributed by atoms with Crippen molar-refractivity contribution in [1.29, 1.82) is 0 Å². The number of methoxy groups -OCH3 is 1. The number of nitrogens with zero attached hydrogens (tertiary/aromatic N) is 1. The molecular weight excluding hydrogens is 236 g/mol. The van der Waals surface area contributed by atoms with Gasteiger partial charge in [0.15, 0.2) is 0 Å². The Labute approximate surface area is 97.9 Å². The first-order chi connectivity index (χ1) is 7.07. The fraction of sp³-hybridized carbons (Fsp3) is 0.222. The standard InChI is InChI=1S/C9H10N2O4.ClH/c1-15-9(12)8(10)6-4-2-3-5-7(6)11(13)14;/h2-5,8H,10H2,1H3;1H/t8-;/m0./s1. The molecule has 0 aliphatic rings. The van der Waals surface area contributed by atoms with Crippen molar-refractivity contribution in [3.63, 3.8) is 0 Å². The molecule has 88 valence electrons. The number of rotatable bonds is 3. The lowest BCUT2D eigenvalue weighted by atomic mass is 10.1. The van der Waals surface area contributed by atoms with Crippen molar-refractivity contribution in [1.82, 2.24) is 0 Å². The van der Waals surface area contributed by atoms with Gasteiger partial charge >= 0.3 is 5.97 Å². The number of hydrogen-bond acceptors (Lipinski definition) is 5. The van der Waals surface area contributed by atoms with E-state index in [1.54, 1.807) is 6.07 Å². The predicted molar refractivity (Wildman–Crippen MR) is 59.3 cm³/mol. The average Bonchev–Trinajstić information content (AvgIpc) is 2.27. The van der Waals surface area contributed by atoms with E-state index in [-0.39, 0.29) is 23.7 Å². The molecule has 0 heterocycles. The summed E-state index contributed by atoms with van der Waals surface area (Å²) < 4.78 is 4.41. The summed E-state index contributed by atoms with van der Waals surface area (Å²) in [6, 6.07) is 4.67. The van der Waals surface area contributed by atoms with Crippen LogP contribution in [0.15, 0.2) is 24.3 Å². The topological polar surface area (TPSA) is 95.5 Å². The number of nitrogens with two attached hydrogens (primary N) is 1. The minimum absolute atomic E-state index is 0. The Balaban J connectivity index is 0.00000225. The maximum Gasteiger partial charge on any atom is 0.327 e. The number of hydrogen-bond donors (Lipinski definition) is 1. The van der Waals surface area contributed by atoms with E-state index < -0.39 is 16.9 Å². The Bertz CT molecular complexity index is 397. The Kier molecular flexibility index (Phi) is 5.41. The van der Waals surface area contributed by atoms with E-state index in [1.807, 2.05) is 0 Å². The van der Waals surface area contributed by atoms with Gasteiger partial charge in [0.2, 0.25) is 0 Å². The van der Waals surface area contributed by atoms with Crippen LogP contribution in [-0.2, 0) is 9.53 Å². The van der Waals surface area contributed by atoms with Crippen LogP contribution in [0.3, 0.4) is 0 Å². The molecule has 0 fully saturated rings. The van der Waals surface area contributed by atoms with Crippen molar-refractivity contribution < 1.29 is 14.5 Å². The van der Waals surface area contributed by atoms with Gasteiger partial charge < -0.3 is 10.5 Å². The van der Waals surface area contributed by atoms with Gasteiger partial charge in [-0.1, -0.05) is 12.1 Å². The van der Waals surface area contributed by atoms with Crippen LogP contribution >= 0.6 is 12.4 Å². The van der Waals surface area contributed by atoms with Crippen LogP contribution in [0.4, 0.5) is 5.69 Å². The number of ether oxygens (including phenoxy) is 1. The van der Waals surface area contributed by atoms with Gasteiger partial charge in [-0.05, 0) is 6.07 Å². The Morgan fingerprint density at radius 3 is 2.56 bits per heavy atom. The molecule has 0 unspecified atom stereocenters. The maximum atomic E-state index is 11.1. The molecule has 1 rings (SSSR count). The number of carbonyl (C=O) groups excluding carboxylic acids is 1. The van der Waals surface area contributed by atoms with E-state index in [0.29, 0.717) is 0 Å². The molecule has 0 spiro atoms. The monoisotopic (exact) mass is 246 g/mol. The Hall–Kier alpha value is -1.66. The van der Waals surface area contributed by atoms with Crippen molar-refractivity contribution in [3.8, 4) is 0 Å². The molecule has 0 radical (unpaired) electrons. The lowest BCUT2D eigenvalue weighted by Crippen LogP contribution is -2.23. The second-order valence-corrected chi connectivity index (χ2v) is 2.82. The lowest BCUT2D eigenvalue weighted by Gasteiger charge is -2.09. The van der Waals surface area contributed by atoms with Crippen molar-refractivity contribution in [3.05, 3.63) is 39.9 Å². The molecule has 7 heteroatoms. The first-order valence-corrected chi connectivity index (χ1v) is 4.14. The molecule has 6 nitrogen and oxygen atoms in total. The minimum atomic E-state index is -1.13. The summed E-state index contributed by atoms with van der Waals surface area (Å²) in [5, 5.41) is 10.6. The second kappa shape index (κ2) is 6.04. The maximum absolute atomic E-state index is 11.1. The molecule has 1 aromatic carbocycles. The highest BCUT2D eigenvalue weighted by atomic mass is 35.5. The molecule has 0 aliphatic heterocycles. The van der Waals surface area contributed by atoms with Gasteiger partial charge in [0.25, 0.3) is 5.69 Å². The van der Waals surface area contributed by atoms with Gasteiger partial charge in [0, 0.05) is 6.07 Å². The lowest BCUT2D eigenvalue weighted by molar-refractivity contribution is -0.385. The van der Waals surface area contributed by atoms with Crippen molar-refractivity contribution >= 4 is 24.1 Å². The summed E-state index contributed by atoms with van der Waals surface area (Å²) >= 11 is 0. The van der Waals surface area contributed by atoms with Crippen molar-refractivity contribution in [2.75, 3.05) is 7.11 Å². The second-order valence-electron chi connectivity index (χ2n) is 2.82. The molecule has 0 bridgehead atoms. The van der Waals surface area contributed by atoms with Crippen LogP contribution < -0.4 is 5.73 Å². The van der Waals surface area contributed by atoms with Crippen LogP contribution in [0.5, 0.6) is 0 Å². The Morgan fingerprint density at radius 1 is 1.50 bits per heavy atom. The minimum Gasteiger partial charge on any atom is -0.468 e. The average molecular weight is 247 g/mol. The summed E-state index contributed by atoms with van der Waals surface area (Å²) in [7, 11) is 1.18. The van der Waals surface area contributed by atoms with Crippen LogP contribution in [-0.4, -0.2) is 18.0 Å². The van der Waals surface area contributed by atoms with E-state index in [2.05, 4.69) is 4.74 Å². The van der Waals surface area contributed by atoms with E-state index >= 15 is 0 Å². The largest absolute Gasteiger partial charge is 0.468 e. The van der Waals surface area contributed by atoms with Crippen LogP contribution in [0, 0.1) is 10.1 Å². The number of esters is 1. The Morgan fingerprint density at radius 2 is 2.06 bits per heavy atom. The van der Waals surface area contributed by atoms with E-state index in [0.717, 1.165) is 0 Å². The first kappa shape index (κ1) is 14.3. The number of benzene rings is 1. The molecule has 16 heavy (non-hydrogen) atoms. The van der Waals surface area contributed by atoms with Crippen molar-refractivity contribution in [2.45, 2.75) is 6.04 Å². The fourth-order valence-electron chi connectivity index (χ4n) is 1.17. The highest BCUT2D eigenvalue weighted by Gasteiger charge is 2.24. The molecule has 0 saturated heterocycles. The van der Waals surface area contributed by atoms with Crippen LogP contribution in [0.25, 0.3) is 0 Å². The van der Waals surface area contributed by atoms with E-state index in [4.69, 9.17) is 5.73 Å². The predicted octanol–water partition coefficient (Wildman–Crippen LogP) is 1.19. The number of nitro benzene ring substituents is 1. The first-order valence-electron chi connectivity index (χ1n) is 4.14. The molecule has 0 amide bonds. The fourth-order valence-corrected chi connectivity index (χ4v) is 1.17. The van der Waals surface area contributed by atoms with Crippen molar-refractivity contribution in [2.24, 2.45) is 5.73 Å². The number of para-hydroxylation sites is 1. The van der Waals surface area contributed by atoms with E-state index in [9.17, 15) is 14.9 Å². The molecule has 0 aliphatic carbocycles.